The summed E-state index contributed by atoms with van der Waals surface area (Å²) >= 11 is 0. The smallest absolute Gasteiger partial charge is 0.161 e. The van der Waals surface area contributed by atoms with Gasteiger partial charge in [0.2, 0.25) is 0 Å². The third kappa shape index (κ3) is 5.76. The molecule has 0 atom stereocenters. The number of nitriles is 1. The van der Waals surface area contributed by atoms with Gasteiger partial charge in [0.05, 0.1) is 38.6 Å². The van der Waals surface area contributed by atoms with E-state index in [0.717, 1.165) is 22.4 Å². The summed E-state index contributed by atoms with van der Waals surface area (Å²) in [6.07, 6.45) is 1.76. The lowest BCUT2D eigenvalue weighted by atomic mass is 10.1. The molecule has 0 unspecified atom stereocenters. The number of nitrogens with one attached hydrogen (secondary N) is 1. The van der Waals surface area contributed by atoms with E-state index in [-0.39, 0.29) is 0 Å². The van der Waals surface area contributed by atoms with Crippen LogP contribution in [0.4, 0.5) is 0 Å². The lowest BCUT2D eigenvalue weighted by molar-refractivity contribution is 0.306. The van der Waals surface area contributed by atoms with Crippen LogP contribution in [0.1, 0.15) is 22.3 Å². The van der Waals surface area contributed by atoms with Crippen LogP contribution < -0.4 is 19.6 Å². The van der Waals surface area contributed by atoms with Gasteiger partial charge in [0.15, 0.2) is 11.5 Å². The van der Waals surface area contributed by atoms with E-state index < -0.39 is 0 Å². The van der Waals surface area contributed by atoms with Gasteiger partial charge in [-0.3, -0.25) is 0 Å². The van der Waals surface area contributed by atoms with Crippen molar-refractivity contribution in [2.24, 2.45) is 5.10 Å². The lowest BCUT2D eigenvalue weighted by Crippen LogP contribution is -2.06. The van der Waals surface area contributed by atoms with Crippen LogP contribution >= 0.6 is 0 Å². The minimum atomic E-state index is 0.450. The molecule has 0 heterocycles. The van der Waals surface area contributed by atoms with Crippen LogP contribution in [0.3, 0.4) is 0 Å². The number of hydrogen-bond donors (Lipinski definition) is 1. The van der Waals surface area contributed by atoms with Crippen LogP contribution in [0.15, 0.2) is 71.8 Å². The third-order valence-electron chi connectivity index (χ3n) is 4.40. The van der Waals surface area contributed by atoms with Gasteiger partial charge >= 0.3 is 0 Å². The Hall–Kier alpha value is -3.98. The first kappa shape index (κ1) is 20.7. The van der Waals surface area contributed by atoms with Crippen molar-refractivity contribution in [3.05, 3.63) is 89.0 Å². The first-order valence-electron chi connectivity index (χ1n) is 9.40. The Balaban J connectivity index is 1.48. The van der Waals surface area contributed by atoms with Crippen LogP contribution in [0.5, 0.6) is 17.2 Å². The average molecular weight is 401 g/mol. The maximum atomic E-state index is 8.83. The topological polar surface area (TPSA) is 75.9 Å². The first-order chi connectivity index (χ1) is 14.7. The molecule has 3 aromatic rings. The Labute approximate surface area is 176 Å². The molecule has 0 aliphatic carbocycles. The molecule has 0 saturated carbocycles. The molecular weight excluding hydrogens is 378 g/mol. The minimum absolute atomic E-state index is 0.450. The summed E-state index contributed by atoms with van der Waals surface area (Å²) in [4.78, 5) is 0. The fraction of sp³-hybridized carbons (Fsp3) is 0.167. The van der Waals surface area contributed by atoms with Crippen LogP contribution in [0, 0.1) is 11.3 Å². The second-order valence-corrected chi connectivity index (χ2v) is 6.45. The van der Waals surface area contributed by atoms with E-state index in [0.29, 0.717) is 30.2 Å². The second kappa shape index (κ2) is 10.5. The summed E-state index contributed by atoms with van der Waals surface area (Å²) in [7, 11) is 3.23. The second-order valence-electron chi connectivity index (χ2n) is 6.45. The lowest BCUT2D eigenvalue weighted by Gasteiger charge is -2.09. The molecule has 0 aromatic heterocycles. The van der Waals surface area contributed by atoms with E-state index in [2.05, 4.69) is 16.6 Å². The van der Waals surface area contributed by atoms with Crippen molar-refractivity contribution in [3.63, 3.8) is 0 Å². The zero-order valence-electron chi connectivity index (χ0n) is 17.0. The molecule has 3 rings (SSSR count). The highest BCUT2D eigenvalue weighted by Gasteiger charge is 2.03. The molecule has 30 heavy (non-hydrogen) atoms. The predicted molar refractivity (Wildman–Crippen MR) is 116 cm³/mol. The molecular formula is C24H23N3O3. The highest BCUT2D eigenvalue weighted by atomic mass is 16.5. The van der Waals surface area contributed by atoms with Crippen molar-refractivity contribution in [3.8, 4) is 23.3 Å². The van der Waals surface area contributed by atoms with E-state index in [1.807, 2.05) is 54.6 Å². The van der Waals surface area contributed by atoms with Crippen LogP contribution in [0.25, 0.3) is 0 Å². The van der Waals surface area contributed by atoms with Gasteiger partial charge in [0.1, 0.15) is 12.4 Å². The molecule has 1 N–H and O–H groups in total. The summed E-state index contributed by atoms with van der Waals surface area (Å²) in [6.45, 7) is 1.02. The molecule has 0 saturated heterocycles. The predicted octanol–water partition coefficient (Wildman–Crippen LogP) is 4.28. The number of hydrogen-bond acceptors (Lipinski definition) is 6. The molecule has 0 amide bonds. The van der Waals surface area contributed by atoms with Gasteiger partial charge in [-0.1, -0.05) is 18.2 Å². The summed E-state index contributed by atoms with van der Waals surface area (Å²) in [5.41, 5.74) is 6.68. The van der Waals surface area contributed by atoms with Crippen molar-refractivity contribution in [2.75, 3.05) is 14.2 Å². The first-order valence-corrected chi connectivity index (χ1v) is 9.40. The molecule has 0 bridgehead atoms. The maximum Gasteiger partial charge on any atom is 0.161 e. The minimum Gasteiger partial charge on any atom is -0.493 e. The summed E-state index contributed by atoms with van der Waals surface area (Å²) in [6, 6.07) is 22.9. The van der Waals surface area contributed by atoms with Crippen molar-refractivity contribution >= 4 is 6.21 Å². The van der Waals surface area contributed by atoms with Crippen molar-refractivity contribution in [2.45, 2.75) is 13.2 Å². The van der Waals surface area contributed by atoms with E-state index in [1.54, 1.807) is 32.6 Å². The monoisotopic (exact) mass is 401 g/mol. The Morgan fingerprint density at radius 2 is 1.60 bits per heavy atom. The summed E-state index contributed by atoms with van der Waals surface area (Å²) in [5, 5.41) is 13.1. The summed E-state index contributed by atoms with van der Waals surface area (Å²) < 4.78 is 16.3. The molecule has 3 aromatic carbocycles. The van der Waals surface area contributed by atoms with E-state index in [9.17, 15) is 0 Å². The molecule has 0 spiro atoms. The average Bonchev–Trinajstić information content (AvgIpc) is 2.81. The number of ether oxygens (including phenoxy) is 3. The fourth-order valence-electron chi connectivity index (χ4n) is 2.74. The highest BCUT2D eigenvalue weighted by Crippen LogP contribution is 2.27. The van der Waals surface area contributed by atoms with Gasteiger partial charge < -0.3 is 19.6 Å². The van der Waals surface area contributed by atoms with Crippen molar-refractivity contribution in [1.29, 1.82) is 5.26 Å². The zero-order chi connectivity index (χ0) is 21.2. The van der Waals surface area contributed by atoms with Gasteiger partial charge in [-0.2, -0.15) is 10.4 Å². The van der Waals surface area contributed by atoms with Crippen molar-refractivity contribution < 1.29 is 14.2 Å². The van der Waals surface area contributed by atoms with E-state index in [1.165, 1.54) is 0 Å². The molecule has 0 radical (unpaired) electrons. The number of methoxy groups -OCH3 is 2. The van der Waals surface area contributed by atoms with Gasteiger partial charge in [0.25, 0.3) is 0 Å². The Bertz CT molecular complexity index is 1020. The maximum absolute atomic E-state index is 8.83. The summed E-state index contributed by atoms with van der Waals surface area (Å²) in [5.74, 6) is 2.17. The zero-order valence-corrected chi connectivity index (χ0v) is 17.0. The third-order valence-corrected chi connectivity index (χ3v) is 4.40. The van der Waals surface area contributed by atoms with Gasteiger partial charge in [-0.15, -0.1) is 0 Å². The number of benzene rings is 3. The van der Waals surface area contributed by atoms with E-state index >= 15 is 0 Å². The highest BCUT2D eigenvalue weighted by molar-refractivity contribution is 5.79. The standard InChI is InChI=1S/C24H23N3O3/c1-28-23-12-9-21(13-24(23)29-2)16-27-26-15-19-7-10-22(11-8-19)30-17-20-5-3-18(14-25)4-6-20/h3-13,15,27H,16-17H2,1-2H3/b26-15+. The molecule has 0 aliphatic heterocycles. The number of rotatable bonds is 9. The van der Waals surface area contributed by atoms with Crippen LogP contribution in [-0.4, -0.2) is 20.4 Å². The molecule has 152 valence electrons. The van der Waals surface area contributed by atoms with Crippen LogP contribution in [0.2, 0.25) is 0 Å². The largest absolute Gasteiger partial charge is 0.493 e. The Morgan fingerprint density at radius 3 is 2.27 bits per heavy atom. The van der Waals surface area contributed by atoms with E-state index in [4.69, 9.17) is 19.5 Å². The number of nitrogens with zero attached hydrogens (tertiary/aromatic N) is 2. The van der Waals surface area contributed by atoms with Gasteiger partial charge in [-0.05, 0) is 65.2 Å². The Morgan fingerprint density at radius 1 is 0.900 bits per heavy atom. The normalized spacial score (nSPS) is 10.4. The Kier molecular flexibility index (Phi) is 7.28. The van der Waals surface area contributed by atoms with Crippen LogP contribution in [-0.2, 0) is 13.2 Å². The van der Waals surface area contributed by atoms with Gasteiger partial charge in [-0.25, -0.2) is 0 Å². The quantitative estimate of drug-likeness (QED) is 0.428. The SMILES string of the molecule is COc1ccc(CN/N=C/c2ccc(OCc3ccc(C#N)cc3)cc2)cc1OC. The molecule has 6 heteroatoms. The molecule has 0 aliphatic rings. The molecule has 6 nitrogen and oxygen atoms in total. The number of hydrazone groups is 1. The van der Waals surface area contributed by atoms with Gasteiger partial charge in [0, 0.05) is 0 Å². The van der Waals surface area contributed by atoms with Crippen molar-refractivity contribution in [1.82, 2.24) is 5.43 Å². The fourth-order valence-corrected chi connectivity index (χ4v) is 2.74. The molecule has 0 fully saturated rings.